The van der Waals surface area contributed by atoms with Crippen LogP contribution in [0.15, 0.2) is 54.6 Å². The second-order valence-corrected chi connectivity index (χ2v) is 12.5. The molecule has 0 N–H and O–H groups in total. The van der Waals surface area contributed by atoms with Crippen LogP contribution in [0.25, 0.3) is 0 Å². The largest absolute Gasteiger partial charge is 0.872 e. The van der Waals surface area contributed by atoms with Gasteiger partial charge in [-0.15, -0.1) is 5.75 Å². The molecule has 0 saturated heterocycles. The molecule has 0 aromatic heterocycles. The SMILES string of the molecule is CC(C)(C)c1ccccc1[O-].CCCCCCCCCCCC[N+](C)(C)C(Cl)(Cl)c1ccccc1. The Morgan fingerprint density at radius 3 is 1.60 bits per heavy atom. The maximum Gasteiger partial charge on any atom is 0.277 e. The fraction of sp³-hybridized carbons (Fsp3) is 0.613. The van der Waals surface area contributed by atoms with Crippen molar-refractivity contribution < 1.29 is 9.59 Å². The van der Waals surface area contributed by atoms with Crippen LogP contribution in [0.5, 0.6) is 5.75 Å². The third-order valence-corrected chi connectivity index (χ3v) is 8.00. The number of nitrogens with zero attached hydrogens (tertiary/aromatic N) is 1. The first-order valence-corrected chi connectivity index (χ1v) is 14.2. The highest BCUT2D eigenvalue weighted by Gasteiger charge is 2.43. The topological polar surface area (TPSA) is 23.1 Å². The second kappa shape index (κ2) is 15.8. The third-order valence-electron chi connectivity index (χ3n) is 6.65. The molecule has 0 aliphatic rings. The first-order chi connectivity index (χ1) is 16.4. The Bertz CT molecular complexity index is 812. The van der Waals surface area contributed by atoms with E-state index in [4.69, 9.17) is 23.2 Å². The first kappa shape index (κ1) is 31.8. The van der Waals surface area contributed by atoms with Gasteiger partial charge in [-0.25, -0.2) is 0 Å². The lowest BCUT2D eigenvalue weighted by molar-refractivity contribution is -0.920. The van der Waals surface area contributed by atoms with Gasteiger partial charge in [0.25, 0.3) is 4.46 Å². The summed E-state index contributed by atoms with van der Waals surface area (Å²) < 4.78 is -0.294. The molecule has 2 nitrogen and oxygen atoms in total. The van der Waals surface area contributed by atoms with Crippen molar-refractivity contribution in [2.45, 2.75) is 102 Å². The quantitative estimate of drug-likeness (QED) is 0.111. The summed E-state index contributed by atoms with van der Waals surface area (Å²) in [6.45, 7) is 9.41. The van der Waals surface area contributed by atoms with E-state index < -0.39 is 4.46 Å². The molecule has 0 heterocycles. The van der Waals surface area contributed by atoms with Crippen LogP contribution in [0.4, 0.5) is 0 Å². The highest BCUT2D eigenvalue weighted by atomic mass is 35.5. The molecule has 0 atom stereocenters. The number of hydrogen-bond acceptors (Lipinski definition) is 1. The molecule has 0 fully saturated rings. The minimum atomic E-state index is -0.888. The van der Waals surface area contributed by atoms with Crippen LogP contribution >= 0.6 is 23.2 Å². The summed E-state index contributed by atoms with van der Waals surface area (Å²) in [7, 11) is 4.25. The van der Waals surface area contributed by atoms with Crippen molar-refractivity contribution in [3.63, 3.8) is 0 Å². The van der Waals surface area contributed by atoms with Gasteiger partial charge in [-0.1, -0.05) is 127 Å². The Hall–Kier alpha value is -1.22. The fourth-order valence-corrected chi connectivity index (χ4v) is 4.63. The van der Waals surface area contributed by atoms with Crippen molar-refractivity contribution >= 4 is 23.2 Å². The molecule has 2 rings (SSSR count). The molecule has 0 aliphatic carbocycles. The summed E-state index contributed by atoms with van der Waals surface area (Å²) >= 11 is 13.4. The van der Waals surface area contributed by atoms with Gasteiger partial charge in [-0.2, -0.15) is 0 Å². The van der Waals surface area contributed by atoms with Crippen molar-refractivity contribution in [2.24, 2.45) is 0 Å². The van der Waals surface area contributed by atoms with Crippen LogP contribution in [0.2, 0.25) is 0 Å². The highest BCUT2D eigenvalue weighted by molar-refractivity contribution is 6.46. The van der Waals surface area contributed by atoms with E-state index in [1.807, 2.05) is 63.2 Å². The molecule has 4 heteroatoms. The Morgan fingerprint density at radius 1 is 0.686 bits per heavy atom. The molecule has 2 aromatic rings. The zero-order valence-electron chi connectivity index (χ0n) is 23.1. The van der Waals surface area contributed by atoms with E-state index in [9.17, 15) is 5.11 Å². The molecule has 0 saturated carbocycles. The minimum absolute atomic E-state index is 0.0294. The van der Waals surface area contributed by atoms with Crippen LogP contribution in [0, 0.1) is 0 Å². The Balaban J connectivity index is 0.000000462. The van der Waals surface area contributed by atoms with E-state index in [2.05, 4.69) is 21.0 Å². The highest BCUT2D eigenvalue weighted by Crippen LogP contribution is 2.41. The van der Waals surface area contributed by atoms with Crippen LogP contribution in [-0.4, -0.2) is 25.1 Å². The summed E-state index contributed by atoms with van der Waals surface area (Å²) in [6, 6.07) is 17.2. The minimum Gasteiger partial charge on any atom is -0.872 e. The summed E-state index contributed by atoms with van der Waals surface area (Å²) in [4.78, 5) is 0. The normalized spacial score (nSPS) is 12.2. The average molecular weight is 523 g/mol. The van der Waals surface area contributed by atoms with Crippen LogP contribution in [0.1, 0.15) is 103 Å². The van der Waals surface area contributed by atoms with E-state index in [0.717, 1.165) is 17.7 Å². The second-order valence-electron chi connectivity index (χ2n) is 11.2. The number of para-hydroxylation sites is 1. The number of benzene rings is 2. The van der Waals surface area contributed by atoms with Gasteiger partial charge in [0.1, 0.15) is 0 Å². The monoisotopic (exact) mass is 521 g/mol. The Labute approximate surface area is 226 Å². The fourth-order valence-electron chi connectivity index (χ4n) is 4.21. The summed E-state index contributed by atoms with van der Waals surface area (Å²) in [5.41, 5.74) is 1.84. The summed E-state index contributed by atoms with van der Waals surface area (Å²) in [5.74, 6) is 0.139. The third kappa shape index (κ3) is 11.6. The zero-order valence-corrected chi connectivity index (χ0v) is 24.6. The lowest BCUT2D eigenvalue weighted by Gasteiger charge is -2.40. The number of unbranched alkanes of at least 4 members (excludes halogenated alkanes) is 9. The molecule has 35 heavy (non-hydrogen) atoms. The van der Waals surface area contributed by atoms with Gasteiger partial charge in [0.15, 0.2) is 0 Å². The number of alkyl halides is 2. The smallest absolute Gasteiger partial charge is 0.277 e. The summed E-state index contributed by atoms with van der Waals surface area (Å²) in [6.07, 6.45) is 13.5. The summed E-state index contributed by atoms with van der Waals surface area (Å²) in [5, 5.41) is 11.3. The molecular weight excluding hydrogens is 473 g/mol. The molecule has 0 aliphatic heterocycles. The molecule has 0 radical (unpaired) electrons. The first-order valence-electron chi connectivity index (χ1n) is 13.5. The number of hydrogen-bond donors (Lipinski definition) is 0. The van der Waals surface area contributed by atoms with E-state index in [1.165, 1.54) is 64.2 Å². The molecule has 0 spiro atoms. The van der Waals surface area contributed by atoms with Gasteiger partial charge >= 0.3 is 0 Å². The van der Waals surface area contributed by atoms with Gasteiger partial charge in [0.2, 0.25) is 0 Å². The van der Waals surface area contributed by atoms with Gasteiger partial charge in [-0.3, -0.25) is 4.48 Å². The number of quaternary nitrogens is 1. The standard InChI is InChI=1S/C21H36Cl2N.C10H14O/c1-4-5-6-7-8-9-10-11-12-16-19-24(2,3)21(22,23)20-17-14-13-15-18-20;1-10(2,3)8-6-4-5-7-9(8)11/h13-15,17-18H,4-12,16,19H2,1-3H3;4-7,11H,1-3H3/q+1;/p-1. The molecular formula is C31H49Cl2NO. The molecule has 0 amide bonds. The van der Waals surface area contributed by atoms with E-state index in [-0.39, 0.29) is 11.2 Å². The maximum atomic E-state index is 11.3. The molecule has 2 aromatic carbocycles. The predicted molar refractivity (Wildman–Crippen MR) is 153 cm³/mol. The lowest BCUT2D eigenvalue weighted by Crippen LogP contribution is -2.51. The maximum absolute atomic E-state index is 11.3. The van der Waals surface area contributed by atoms with Crippen LogP contribution in [0.3, 0.4) is 0 Å². The predicted octanol–water partition coefficient (Wildman–Crippen LogP) is 9.33. The van der Waals surface area contributed by atoms with Gasteiger partial charge in [0, 0.05) is 5.56 Å². The van der Waals surface area contributed by atoms with Crippen molar-refractivity contribution in [3.8, 4) is 5.75 Å². The van der Waals surface area contributed by atoms with E-state index in [0.29, 0.717) is 4.48 Å². The van der Waals surface area contributed by atoms with E-state index >= 15 is 0 Å². The number of halogens is 2. The average Bonchev–Trinajstić information content (AvgIpc) is 2.80. The molecule has 0 bridgehead atoms. The Kier molecular flexibility index (Phi) is 14.4. The van der Waals surface area contributed by atoms with Gasteiger partial charge in [0.05, 0.1) is 20.6 Å². The van der Waals surface area contributed by atoms with Crippen molar-refractivity contribution in [1.82, 2.24) is 0 Å². The Morgan fingerprint density at radius 2 is 1.14 bits per heavy atom. The number of rotatable bonds is 13. The van der Waals surface area contributed by atoms with Crippen molar-refractivity contribution in [3.05, 3.63) is 65.7 Å². The van der Waals surface area contributed by atoms with Gasteiger partial charge < -0.3 is 5.11 Å². The molecule has 198 valence electrons. The molecule has 0 unspecified atom stereocenters. The van der Waals surface area contributed by atoms with E-state index in [1.54, 1.807) is 12.1 Å². The zero-order chi connectivity index (χ0) is 26.4. The van der Waals surface area contributed by atoms with Crippen molar-refractivity contribution in [2.75, 3.05) is 20.6 Å². The van der Waals surface area contributed by atoms with Crippen molar-refractivity contribution in [1.29, 1.82) is 0 Å². The van der Waals surface area contributed by atoms with Crippen LogP contribution < -0.4 is 5.11 Å². The lowest BCUT2D eigenvalue weighted by atomic mass is 9.86. The van der Waals surface area contributed by atoms with Gasteiger partial charge in [-0.05, 0) is 53.6 Å². The van der Waals surface area contributed by atoms with Crippen LogP contribution in [-0.2, 0) is 9.87 Å².